The highest BCUT2D eigenvalue weighted by Crippen LogP contribution is 2.07. The summed E-state index contributed by atoms with van der Waals surface area (Å²) < 4.78 is 0. The van der Waals surface area contributed by atoms with Crippen LogP contribution in [0.25, 0.3) is 0 Å². The predicted octanol–water partition coefficient (Wildman–Crippen LogP) is 2.11. The molecule has 1 unspecified atom stereocenters. The largest absolute Gasteiger partial charge is 0.396 e. The third-order valence-electron chi connectivity index (χ3n) is 2.41. The van der Waals surface area contributed by atoms with Crippen molar-refractivity contribution < 1.29 is 5.11 Å². The number of aliphatic imine (C=N–C) groups is 1. The summed E-state index contributed by atoms with van der Waals surface area (Å²) in [5.74, 6) is 1.26. The summed E-state index contributed by atoms with van der Waals surface area (Å²) in [6, 6.07) is 0.372. The molecule has 0 saturated carbocycles. The zero-order valence-electron chi connectivity index (χ0n) is 11.3. The summed E-state index contributed by atoms with van der Waals surface area (Å²) in [6.07, 6.45) is 4.27. The number of guanidine groups is 1. The number of nitrogens with one attached hydrogen (secondary N) is 1. The lowest BCUT2D eigenvalue weighted by Crippen LogP contribution is -2.38. The van der Waals surface area contributed by atoms with Gasteiger partial charge in [-0.15, -0.1) is 24.0 Å². The third-order valence-corrected chi connectivity index (χ3v) is 2.41. The van der Waals surface area contributed by atoms with Gasteiger partial charge in [-0.3, -0.25) is 4.99 Å². The lowest BCUT2D eigenvalue weighted by molar-refractivity contribution is 0.291. The molecule has 0 aliphatic rings. The van der Waals surface area contributed by atoms with Gasteiger partial charge in [0.15, 0.2) is 5.96 Å². The van der Waals surface area contributed by atoms with Crippen LogP contribution in [0.4, 0.5) is 0 Å². The summed E-state index contributed by atoms with van der Waals surface area (Å²) in [5, 5.41) is 11.8. The van der Waals surface area contributed by atoms with E-state index >= 15 is 0 Å². The van der Waals surface area contributed by atoms with E-state index in [0.29, 0.717) is 25.0 Å². The molecule has 0 fully saturated rings. The van der Waals surface area contributed by atoms with E-state index in [0.717, 1.165) is 12.3 Å². The van der Waals surface area contributed by atoms with Crippen LogP contribution >= 0.6 is 24.0 Å². The van der Waals surface area contributed by atoms with Crippen LogP contribution in [-0.4, -0.2) is 30.3 Å². The second-order valence-electron chi connectivity index (χ2n) is 4.71. The molecule has 0 saturated heterocycles. The highest BCUT2D eigenvalue weighted by Gasteiger charge is 2.03. The number of halogens is 1. The minimum Gasteiger partial charge on any atom is -0.396 e. The third kappa shape index (κ3) is 13.9. The zero-order chi connectivity index (χ0) is 12.4. The van der Waals surface area contributed by atoms with Gasteiger partial charge in [0.05, 0.1) is 0 Å². The van der Waals surface area contributed by atoms with Crippen LogP contribution in [-0.2, 0) is 0 Å². The Balaban J connectivity index is 0. The SMILES string of the molecule is CC(C)CCCC(C)NC(N)=NCCCO.I. The van der Waals surface area contributed by atoms with E-state index in [2.05, 4.69) is 31.1 Å². The normalized spacial score (nSPS) is 13.4. The van der Waals surface area contributed by atoms with E-state index in [1.165, 1.54) is 12.8 Å². The van der Waals surface area contributed by atoms with Gasteiger partial charge in [0.2, 0.25) is 0 Å². The second kappa shape index (κ2) is 12.4. The van der Waals surface area contributed by atoms with Crippen LogP contribution in [0.3, 0.4) is 0 Å². The molecule has 0 radical (unpaired) electrons. The maximum Gasteiger partial charge on any atom is 0.188 e. The maximum absolute atomic E-state index is 8.60. The first-order valence-electron chi connectivity index (χ1n) is 6.23. The first-order valence-corrected chi connectivity index (χ1v) is 6.23. The van der Waals surface area contributed by atoms with Crippen LogP contribution in [0.1, 0.15) is 46.5 Å². The Morgan fingerprint density at radius 1 is 1.24 bits per heavy atom. The van der Waals surface area contributed by atoms with Crippen molar-refractivity contribution in [2.75, 3.05) is 13.2 Å². The number of aliphatic hydroxyl groups excluding tert-OH is 1. The molecular weight excluding hydrogens is 329 g/mol. The lowest BCUT2D eigenvalue weighted by Gasteiger charge is -2.14. The maximum atomic E-state index is 8.60. The number of hydrogen-bond donors (Lipinski definition) is 3. The smallest absolute Gasteiger partial charge is 0.188 e. The van der Waals surface area contributed by atoms with E-state index in [1.807, 2.05) is 0 Å². The molecule has 0 aliphatic carbocycles. The van der Waals surface area contributed by atoms with Crippen molar-refractivity contribution in [1.29, 1.82) is 0 Å². The van der Waals surface area contributed by atoms with Crippen LogP contribution in [0.2, 0.25) is 0 Å². The molecule has 0 bridgehead atoms. The number of rotatable bonds is 8. The van der Waals surface area contributed by atoms with E-state index in [-0.39, 0.29) is 30.6 Å². The fourth-order valence-corrected chi connectivity index (χ4v) is 1.47. The van der Waals surface area contributed by atoms with Gasteiger partial charge in [-0.1, -0.05) is 26.7 Å². The molecule has 0 rings (SSSR count). The highest BCUT2D eigenvalue weighted by molar-refractivity contribution is 14.0. The Labute approximate surface area is 122 Å². The van der Waals surface area contributed by atoms with Gasteiger partial charge >= 0.3 is 0 Å². The molecule has 0 aromatic carbocycles. The Hall–Kier alpha value is -0.0400. The van der Waals surface area contributed by atoms with Crippen molar-refractivity contribution in [3.8, 4) is 0 Å². The molecule has 17 heavy (non-hydrogen) atoms. The first-order chi connectivity index (χ1) is 7.56. The van der Waals surface area contributed by atoms with E-state index in [9.17, 15) is 0 Å². The summed E-state index contributed by atoms with van der Waals surface area (Å²) in [5.41, 5.74) is 5.70. The molecule has 0 heterocycles. The van der Waals surface area contributed by atoms with Gasteiger partial charge in [-0.25, -0.2) is 0 Å². The zero-order valence-corrected chi connectivity index (χ0v) is 13.6. The van der Waals surface area contributed by atoms with Gasteiger partial charge in [0.25, 0.3) is 0 Å². The monoisotopic (exact) mass is 357 g/mol. The van der Waals surface area contributed by atoms with Crippen molar-refractivity contribution in [3.63, 3.8) is 0 Å². The van der Waals surface area contributed by atoms with Crippen LogP contribution in [0.15, 0.2) is 4.99 Å². The van der Waals surface area contributed by atoms with Crippen molar-refractivity contribution in [2.45, 2.75) is 52.5 Å². The van der Waals surface area contributed by atoms with Gasteiger partial charge < -0.3 is 16.2 Å². The van der Waals surface area contributed by atoms with E-state index in [4.69, 9.17) is 10.8 Å². The van der Waals surface area contributed by atoms with Crippen molar-refractivity contribution in [3.05, 3.63) is 0 Å². The van der Waals surface area contributed by atoms with Crippen molar-refractivity contribution in [1.82, 2.24) is 5.32 Å². The summed E-state index contributed by atoms with van der Waals surface area (Å²) >= 11 is 0. The Kier molecular flexibility index (Phi) is 14.1. The molecule has 0 amide bonds. The molecular formula is C12H28IN3O. The fourth-order valence-electron chi connectivity index (χ4n) is 1.47. The summed E-state index contributed by atoms with van der Waals surface area (Å²) in [6.45, 7) is 7.36. The summed E-state index contributed by atoms with van der Waals surface area (Å²) in [7, 11) is 0. The minimum atomic E-state index is 0. The van der Waals surface area contributed by atoms with Gasteiger partial charge in [0, 0.05) is 19.2 Å². The van der Waals surface area contributed by atoms with E-state index in [1.54, 1.807) is 0 Å². The average molecular weight is 357 g/mol. The molecule has 4 N–H and O–H groups in total. The molecule has 1 atom stereocenters. The Bertz CT molecular complexity index is 198. The molecule has 0 aromatic rings. The molecule has 0 spiro atoms. The Morgan fingerprint density at radius 2 is 1.88 bits per heavy atom. The molecule has 4 nitrogen and oxygen atoms in total. The quantitative estimate of drug-likeness (QED) is 0.270. The standard InChI is InChI=1S/C12H27N3O.HI/c1-10(2)6-4-7-11(3)15-12(13)14-8-5-9-16;/h10-11,16H,4-9H2,1-3H3,(H3,13,14,15);1H. The molecule has 104 valence electrons. The minimum absolute atomic E-state index is 0. The van der Waals surface area contributed by atoms with E-state index < -0.39 is 0 Å². The number of nitrogens with two attached hydrogens (primary N) is 1. The lowest BCUT2D eigenvalue weighted by atomic mass is 10.0. The second-order valence-corrected chi connectivity index (χ2v) is 4.71. The number of aliphatic hydroxyl groups is 1. The van der Waals surface area contributed by atoms with Crippen molar-refractivity contribution in [2.24, 2.45) is 16.6 Å². The first kappa shape index (κ1) is 19.3. The van der Waals surface area contributed by atoms with Gasteiger partial charge in [-0.05, 0) is 25.7 Å². The predicted molar refractivity (Wildman–Crippen MR) is 84.9 cm³/mol. The number of hydrogen-bond acceptors (Lipinski definition) is 2. The van der Waals surface area contributed by atoms with Crippen LogP contribution < -0.4 is 11.1 Å². The van der Waals surface area contributed by atoms with Crippen LogP contribution in [0.5, 0.6) is 0 Å². The molecule has 0 aromatic heterocycles. The highest BCUT2D eigenvalue weighted by atomic mass is 127. The summed E-state index contributed by atoms with van der Waals surface area (Å²) in [4.78, 5) is 4.12. The average Bonchev–Trinajstić information content (AvgIpc) is 2.17. The fraction of sp³-hybridized carbons (Fsp3) is 0.917. The topological polar surface area (TPSA) is 70.6 Å². The van der Waals surface area contributed by atoms with Gasteiger partial charge in [0.1, 0.15) is 0 Å². The Morgan fingerprint density at radius 3 is 2.41 bits per heavy atom. The van der Waals surface area contributed by atoms with Crippen molar-refractivity contribution >= 4 is 29.9 Å². The number of nitrogens with zero attached hydrogens (tertiary/aromatic N) is 1. The molecule has 0 aliphatic heterocycles. The molecule has 5 heteroatoms. The van der Waals surface area contributed by atoms with Crippen LogP contribution in [0, 0.1) is 5.92 Å². The van der Waals surface area contributed by atoms with Gasteiger partial charge in [-0.2, -0.15) is 0 Å².